The van der Waals surface area contributed by atoms with Gasteiger partial charge in [0.05, 0.1) is 51.4 Å². The van der Waals surface area contributed by atoms with E-state index in [1.165, 1.54) is 21.8 Å². The first kappa shape index (κ1) is 26.2. The molecule has 0 unspecified atom stereocenters. The van der Waals surface area contributed by atoms with E-state index in [0.717, 1.165) is 56.9 Å². The number of rotatable bonds is 3. The molecule has 0 N–H and O–H groups in total. The molecule has 230 valence electrons. The minimum Gasteiger partial charge on any atom is -0.453 e. The van der Waals surface area contributed by atoms with E-state index in [-0.39, 0.29) is 0 Å². The largest absolute Gasteiger partial charge is 0.453 e. The molecule has 6 aromatic carbocycles. The van der Waals surface area contributed by atoms with Crippen LogP contribution < -0.4 is 14.5 Å². The maximum atomic E-state index is 6.42. The summed E-state index contributed by atoms with van der Waals surface area (Å²) in [5.41, 5.74) is 11.6. The third kappa shape index (κ3) is 3.72. The Morgan fingerprint density at radius 1 is 0.510 bits per heavy atom. The number of benzene rings is 6. The zero-order valence-corrected chi connectivity index (χ0v) is 26.0. The number of pyridine rings is 1. The lowest BCUT2D eigenvalue weighted by Gasteiger charge is -2.32. The van der Waals surface area contributed by atoms with Crippen LogP contribution in [0.15, 0.2) is 156 Å². The lowest BCUT2D eigenvalue weighted by Crippen LogP contribution is -2.18. The zero-order chi connectivity index (χ0) is 32.1. The third-order valence-corrected chi connectivity index (χ3v) is 9.57. The van der Waals surface area contributed by atoms with E-state index >= 15 is 0 Å². The number of para-hydroxylation sites is 8. The van der Waals surface area contributed by atoms with E-state index in [1.54, 1.807) is 0 Å². The zero-order valence-electron chi connectivity index (χ0n) is 26.0. The van der Waals surface area contributed by atoms with Crippen molar-refractivity contribution in [3.8, 4) is 28.6 Å². The monoisotopic (exact) mass is 631 g/mol. The molecule has 9 aromatic rings. The van der Waals surface area contributed by atoms with Gasteiger partial charge in [-0.3, -0.25) is 0 Å². The first-order valence-corrected chi connectivity index (χ1v) is 16.2. The summed E-state index contributed by atoms with van der Waals surface area (Å²) >= 11 is 0. The highest BCUT2D eigenvalue weighted by Gasteiger charge is 2.29. The molecule has 0 radical (unpaired) electrons. The van der Waals surface area contributed by atoms with Crippen LogP contribution in [-0.2, 0) is 0 Å². The topological polar surface area (TPSA) is 59.6 Å². The Kier molecular flexibility index (Phi) is 5.26. The third-order valence-electron chi connectivity index (χ3n) is 9.57. The molecule has 7 nitrogen and oxygen atoms in total. The summed E-state index contributed by atoms with van der Waals surface area (Å²) in [6.45, 7) is 0. The van der Waals surface area contributed by atoms with Crippen LogP contribution in [-0.4, -0.2) is 14.5 Å². The number of ether oxygens (including phenoxy) is 1. The van der Waals surface area contributed by atoms with Gasteiger partial charge in [-0.25, -0.2) is 4.98 Å². The fourth-order valence-corrected chi connectivity index (χ4v) is 7.47. The molecule has 0 saturated carbocycles. The molecule has 0 atom stereocenters. The van der Waals surface area contributed by atoms with Gasteiger partial charge in [0.25, 0.3) is 0 Å². The fraction of sp³-hybridized carbons (Fsp3) is 0. The van der Waals surface area contributed by atoms with Gasteiger partial charge >= 0.3 is 0 Å². The first-order chi connectivity index (χ1) is 24.3. The van der Waals surface area contributed by atoms with Crippen LogP contribution in [0.5, 0.6) is 11.5 Å². The van der Waals surface area contributed by atoms with Crippen LogP contribution in [0.3, 0.4) is 0 Å². The van der Waals surface area contributed by atoms with Crippen molar-refractivity contribution < 1.29 is 9.15 Å². The number of oxazole rings is 1. The molecule has 0 aliphatic carbocycles. The minimum atomic E-state index is 0.523. The summed E-state index contributed by atoms with van der Waals surface area (Å²) in [6.07, 6.45) is 1.89. The number of anilines is 6. The number of nitrogens with zero attached hydrogens (tertiary/aromatic N) is 5. The van der Waals surface area contributed by atoms with E-state index < -0.39 is 0 Å². The maximum Gasteiger partial charge on any atom is 0.228 e. The number of hydrogen-bond donors (Lipinski definition) is 0. The molecule has 2 aliphatic rings. The predicted octanol–water partition coefficient (Wildman–Crippen LogP) is 11.3. The van der Waals surface area contributed by atoms with Gasteiger partial charge in [0.2, 0.25) is 5.89 Å². The maximum absolute atomic E-state index is 6.42. The number of aromatic nitrogens is 3. The van der Waals surface area contributed by atoms with Crippen molar-refractivity contribution in [1.29, 1.82) is 0 Å². The summed E-state index contributed by atoms with van der Waals surface area (Å²) in [4.78, 5) is 14.1. The average molecular weight is 632 g/mol. The molecule has 49 heavy (non-hydrogen) atoms. The quantitative estimate of drug-likeness (QED) is 0.193. The summed E-state index contributed by atoms with van der Waals surface area (Å²) < 4.78 is 15.0. The van der Waals surface area contributed by atoms with Crippen molar-refractivity contribution in [3.05, 3.63) is 152 Å². The molecule has 3 aromatic heterocycles. The summed E-state index contributed by atoms with van der Waals surface area (Å²) in [5, 5.41) is 2.45. The van der Waals surface area contributed by atoms with Crippen molar-refractivity contribution in [3.63, 3.8) is 0 Å². The van der Waals surface area contributed by atoms with Gasteiger partial charge in [-0.2, -0.15) is 4.98 Å². The second-order valence-corrected chi connectivity index (χ2v) is 12.3. The van der Waals surface area contributed by atoms with E-state index in [2.05, 4.69) is 105 Å². The average Bonchev–Trinajstić information content (AvgIpc) is 3.74. The molecule has 7 heteroatoms. The van der Waals surface area contributed by atoms with E-state index in [0.29, 0.717) is 17.1 Å². The molecule has 0 fully saturated rings. The van der Waals surface area contributed by atoms with E-state index in [9.17, 15) is 0 Å². The van der Waals surface area contributed by atoms with Gasteiger partial charge in [-0.15, -0.1) is 0 Å². The minimum absolute atomic E-state index is 0.523. The van der Waals surface area contributed by atoms with Crippen LogP contribution in [0.4, 0.5) is 34.1 Å². The molecular weight excluding hydrogens is 606 g/mol. The van der Waals surface area contributed by atoms with Crippen molar-refractivity contribution in [2.24, 2.45) is 0 Å². The fourth-order valence-electron chi connectivity index (χ4n) is 7.47. The molecular formula is C42H25N5O2. The molecule has 0 saturated heterocycles. The highest BCUT2D eigenvalue weighted by atomic mass is 16.5. The van der Waals surface area contributed by atoms with Crippen LogP contribution in [0.2, 0.25) is 0 Å². The highest BCUT2D eigenvalue weighted by molar-refractivity contribution is 6.16. The molecule has 2 aliphatic heterocycles. The predicted molar refractivity (Wildman–Crippen MR) is 195 cm³/mol. The molecule has 11 rings (SSSR count). The first-order valence-electron chi connectivity index (χ1n) is 16.2. The number of fused-ring (bicyclic) bond motifs is 8. The van der Waals surface area contributed by atoms with Gasteiger partial charge in [0.15, 0.2) is 22.7 Å². The van der Waals surface area contributed by atoms with Gasteiger partial charge in [0, 0.05) is 28.1 Å². The SMILES string of the molecule is c1ccc2c(c1)Oc1ccccc1N2c1ccc(-c2nc3ncc(N4c5ccccc5-n5c6ccccc6c6cccc4c65)cc3o2)cc1. The summed E-state index contributed by atoms with van der Waals surface area (Å²) in [5.74, 6) is 2.16. The Morgan fingerprint density at radius 2 is 1.14 bits per heavy atom. The van der Waals surface area contributed by atoms with E-state index in [4.69, 9.17) is 19.1 Å². The normalized spacial score (nSPS) is 13.0. The Bertz CT molecular complexity index is 2730. The summed E-state index contributed by atoms with van der Waals surface area (Å²) in [6, 6.07) is 50.1. The van der Waals surface area contributed by atoms with Crippen LogP contribution in [0.1, 0.15) is 0 Å². The lowest BCUT2D eigenvalue weighted by molar-refractivity contribution is 0.477. The van der Waals surface area contributed by atoms with Crippen LogP contribution >= 0.6 is 0 Å². The Hall–Kier alpha value is -6.86. The Labute approximate surface area is 280 Å². The van der Waals surface area contributed by atoms with Gasteiger partial charge < -0.3 is 23.5 Å². The molecule has 0 spiro atoms. The van der Waals surface area contributed by atoms with Gasteiger partial charge in [-0.05, 0) is 72.8 Å². The van der Waals surface area contributed by atoms with Gasteiger partial charge in [0.1, 0.15) is 0 Å². The Morgan fingerprint density at radius 3 is 1.94 bits per heavy atom. The van der Waals surface area contributed by atoms with Crippen molar-refractivity contribution in [2.45, 2.75) is 0 Å². The Balaban J connectivity index is 0.999. The summed E-state index contributed by atoms with van der Waals surface area (Å²) in [7, 11) is 0. The molecule has 0 amide bonds. The molecule has 5 heterocycles. The second-order valence-electron chi connectivity index (χ2n) is 12.3. The van der Waals surface area contributed by atoms with Gasteiger partial charge in [-0.1, -0.05) is 66.7 Å². The van der Waals surface area contributed by atoms with Crippen LogP contribution in [0, 0.1) is 0 Å². The van der Waals surface area contributed by atoms with Crippen molar-refractivity contribution in [1.82, 2.24) is 14.5 Å². The smallest absolute Gasteiger partial charge is 0.228 e. The second kappa shape index (κ2) is 9.82. The van der Waals surface area contributed by atoms with E-state index in [1.807, 2.05) is 60.8 Å². The highest BCUT2D eigenvalue weighted by Crippen LogP contribution is 2.51. The van der Waals surface area contributed by atoms with Crippen molar-refractivity contribution in [2.75, 3.05) is 9.80 Å². The number of hydrogen-bond acceptors (Lipinski definition) is 6. The van der Waals surface area contributed by atoms with Crippen LogP contribution in [0.25, 0.3) is 50.2 Å². The lowest BCUT2D eigenvalue weighted by atomic mass is 10.1. The van der Waals surface area contributed by atoms with Crippen molar-refractivity contribution >= 4 is 67.2 Å². The molecule has 0 bridgehead atoms. The standard InChI is InChI=1S/C42H25N5O2/c1-2-12-31-29(10-1)30-11-9-17-36-40(30)47(31)33-14-4-3-13-32(33)46(36)28-24-39-41(43-25-28)44-42(49-39)26-20-22-27(23-21-26)45-34-15-5-7-18-37(34)48-38-19-8-6-16-35(38)45/h1-25H.